The zero-order valence-electron chi connectivity index (χ0n) is 16.0. The van der Waals surface area contributed by atoms with Gasteiger partial charge in [0.15, 0.2) is 11.5 Å². The lowest BCUT2D eigenvalue weighted by atomic mass is 10.0. The number of ether oxygens (including phenoxy) is 2. The van der Waals surface area contributed by atoms with Crippen LogP contribution in [0.25, 0.3) is 0 Å². The summed E-state index contributed by atoms with van der Waals surface area (Å²) in [5, 5.41) is 0.381. The number of hydrogen-bond acceptors (Lipinski definition) is 4. The monoisotopic (exact) mass is 370 g/mol. The van der Waals surface area contributed by atoms with Gasteiger partial charge >= 0.3 is 0 Å². The Balaban J connectivity index is 2.86. The second-order valence-electron chi connectivity index (χ2n) is 6.61. The SMILES string of the molecule is CCCCOc1c(Cl)cc(C(=O)N(C)CCC(N)C(C)C)cc1OC. The van der Waals surface area contributed by atoms with Crippen LogP contribution in [0.5, 0.6) is 11.5 Å². The predicted molar refractivity (Wildman–Crippen MR) is 103 cm³/mol. The number of nitrogens with two attached hydrogens (primary N) is 1. The van der Waals surface area contributed by atoms with Crippen LogP contribution in [0.15, 0.2) is 12.1 Å². The Morgan fingerprint density at radius 1 is 1.36 bits per heavy atom. The zero-order chi connectivity index (χ0) is 19.0. The van der Waals surface area contributed by atoms with Crippen LogP contribution in [0.2, 0.25) is 5.02 Å². The van der Waals surface area contributed by atoms with E-state index in [1.165, 1.54) is 7.11 Å². The normalized spacial score (nSPS) is 12.2. The Labute approximate surface area is 156 Å². The first-order chi connectivity index (χ1) is 11.8. The molecule has 2 N–H and O–H groups in total. The summed E-state index contributed by atoms with van der Waals surface area (Å²) in [4.78, 5) is 14.3. The van der Waals surface area contributed by atoms with Gasteiger partial charge in [-0.1, -0.05) is 38.8 Å². The molecule has 25 heavy (non-hydrogen) atoms. The molecule has 5 nitrogen and oxygen atoms in total. The average Bonchev–Trinajstić information content (AvgIpc) is 2.59. The van der Waals surface area contributed by atoms with Crippen molar-refractivity contribution in [1.82, 2.24) is 4.90 Å². The predicted octanol–water partition coefficient (Wildman–Crippen LogP) is 3.97. The summed E-state index contributed by atoms with van der Waals surface area (Å²) in [6, 6.07) is 3.38. The summed E-state index contributed by atoms with van der Waals surface area (Å²) < 4.78 is 11.1. The summed E-state index contributed by atoms with van der Waals surface area (Å²) in [6.45, 7) is 7.40. The molecule has 0 radical (unpaired) electrons. The molecule has 6 heteroatoms. The van der Waals surface area contributed by atoms with Crippen LogP contribution in [0.1, 0.15) is 50.4 Å². The van der Waals surface area contributed by atoms with E-state index in [0.717, 1.165) is 19.3 Å². The third-order valence-corrected chi connectivity index (χ3v) is 4.50. The molecule has 0 aliphatic heterocycles. The number of rotatable bonds is 10. The summed E-state index contributed by atoms with van der Waals surface area (Å²) in [6.07, 6.45) is 2.71. The molecule has 0 aliphatic carbocycles. The van der Waals surface area contributed by atoms with Crippen molar-refractivity contribution in [2.75, 3.05) is 27.3 Å². The summed E-state index contributed by atoms with van der Waals surface area (Å²) in [7, 11) is 3.30. The molecule has 0 saturated heterocycles. The molecular weight excluding hydrogens is 340 g/mol. The molecule has 0 fully saturated rings. The molecule has 1 rings (SSSR count). The number of hydrogen-bond donors (Lipinski definition) is 1. The Morgan fingerprint density at radius 3 is 2.60 bits per heavy atom. The quantitative estimate of drug-likeness (QED) is 0.633. The van der Waals surface area contributed by atoms with Gasteiger partial charge < -0.3 is 20.1 Å². The van der Waals surface area contributed by atoms with Gasteiger partial charge in [-0.2, -0.15) is 0 Å². The van der Waals surface area contributed by atoms with Gasteiger partial charge in [0.25, 0.3) is 5.91 Å². The second-order valence-corrected chi connectivity index (χ2v) is 7.02. The second kappa shape index (κ2) is 10.5. The third-order valence-electron chi connectivity index (χ3n) is 4.22. The lowest BCUT2D eigenvalue weighted by Crippen LogP contribution is -2.34. The van der Waals surface area contributed by atoms with Crippen molar-refractivity contribution in [2.24, 2.45) is 11.7 Å². The number of nitrogens with zero attached hydrogens (tertiary/aromatic N) is 1. The Morgan fingerprint density at radius 2 is 2.04 bits per heavy atom. The largest absolute Gasteiger partial charge is 0.493 e. The fourth-order valence-corrected chi connectivity index (χ4v) is 2.57. The number of carbonyl (C=O) groups is 1. The number of carbonyl (C=O) groups excluding carboxylic acids is 1. The van der Waals surface area contributed by atoms with Crippen LogP contribution in [0.3, 0.4) is 0 Å². The van der Waals surface area contributed by atoms with Gasteiger partial charge in [-0.05, 0) is 30.9 Å². The third kappa shape index (κ3) is 6.40. The minimum Gasteiger partial charge on any atom is -0.493 e. The lowest BCUT2D eigenvalue weighted by molar-refractivity contribution is 0.0788. The molecule has 0 saturated carbocycles. The number of halogens is 1. The van der Waals surface area contributed by atoms with Gasteiger partial charge in [0, 0.05) is 25.2 Å². The molecule has 0 aromatic heterocycles. The van der Waals surface area contributed by atoms with E-state index in [1.807, 2.05) is 0 Å². The maximum absolute atomic E-state index is 12.6. The molecule has 1 atom stereocenters. The molecule has 0 spiro atoms. The van der Waals surface area contributed by atoms with Gasteiger partial charge in [0.05, 0.1) is 18.7 Å². The van der Waals surface area contributed by atoms with Crippen LogP contribution in [-0.4, -0.2) is 44.2 Å². The minimum atomic E-state index is -0.115. The molecular formula is C19H31ClN2O3. The molecule has 1 unspecified atom stereocenters. The average molecular weight is 371 g/mol. The van der Waals surface area contributed by atoms with Gasteiger partial charge in [0.2, 0.25) is 0 Å². The van der Waals surface area contributed by atoms with Crippen LogP contribution in [0.4, 0.5) is 0 Å². The van der Waals surface area contributed by atoms with E-state index in [9.17, 15) is 4.79 Å². The number of unbranched alkanes of at least 4 members (excludes halogenated alkanes) is 1. The highest BCUT2D eigenvalue weighted by Crippen LogP contribution is 2.36. The molecule has 1 aromatic rings. The minimum absolute atomic E-state index is 0.0720. The van der Waals surface area contributed by atoms with Crippen molar-refractivity contribution in [3.8, 4) is 11.5 Å². The highest BCUT2D eigenvalue weighted by Gasteiger charge is 2.19. The maximum Gasteiger partial charge on any atom is 0.253 e. The first kappa shape index (κ1) is 21.6. The van der Waals surface area contributed by atoms with E-state index in [-0.39, 0.29) is 11.9 Å². The van der Waals surface area contributed by atoms with Crippen LogP contribution >= 0.6 is 11.6 Å². The molecule has 0 bridgehead atoms. The van der Waals surface area contributed by atoms with Gasteiger partial charge in [0.1, 0.15) is 0 Å². The van der Waals surface area contributed by atoms with Crippen molar-refractivity contribution in [3.05, 3.63) is 22.7 Å². The van der Waals surface area contributed by atoms with E-state index >= 15 is 0 Å². The van der Waals surface area contributed by atoms with Crippen LogP contribution < -0.4 is 15.2 Å². The van der Waals surface area contributed by atoms with Gasteiger partial charge in [-0.25, -0.2) is 0 Å². The standard InChI is InChI=1S/C19H31ClN2O3/c1-6-7-10-25-18-15(20)11-14(12-17(18)24-5)19(23)22(4)9-8-16(21)13(2)3/h11-13,16H,6-10,21H2,1-5H3. The van der Waals surface area contributed by atoms with Crippen LogP contribution in [-0.2, 0) is 0 Å². The van der Waals surface area contributed by atoms with E-state index in [1.54, 1.807) is 24.1 Å². The molecule has 0 aliphatic rings. The number of amides is 1. The van der Waals surface area contributed by atoms with Crippen molar-refractivity contribution < 1.29 is 14.3 Å². The first-order valence-electron chi connectivity index (χ1n) is 8.83. The number of methoxy groups -OCH3 is 1. The first-order valence-corrected chi connectivity index (χ1v) is 9.20. The summed E-state index contributed by atoms with van der Waals surface area (Å²) >= 11 is 6.31. The lowest BCUT2D eigenvalue weighted by Gasteiger charge is -2.22. The topological polar surface area (TPSA) is 64.8 Å². The maximum atomic E-state index is 12.6. The highest BCUT2D eigenvalue weighted by molar-refractivity contribution is 6.32. The Hall–Kier alpha value is -1.46. The van der Waals surface area contributed by atoms with Crippen molar-refractivity contribution in [2.45, 2.75) is 46.1 Å². The van der Waals surface area contributed by atoms with Gasteiger partial charge in [-0.3, -0.25) is 4.79 Å². The molecule has 1 aromatic carbocycles. The van der Waals surface area contributed by atoms with Crippen molar-refractivity contribution >= 4 is 17.5 Å². The summed E-state index contributed by atoms with van der Waals surface area (Å²) in [5.74, 6) is 1.23. The van der Waals surface area contributed by atoms with Crippen LogP contribution in [0, 0.1) is 5.92 Å². The number of benzene rings is 1. The van der Waals surface area contributed by atoms with E-state index < -0.39 is 0 Å². The Bertz CT molecular complexity index is 564. The highest BCUT2D eigenvalue weighted by atomic mass is 35.5. The Kier molecular flexibility index (Phi) is 9.08. The van der Waals surface area contributed by atoms with E-state index in [2.05, 4.69) is 20.8 Å². The molecule has 1 amide bonds. The fourth-order valence-electron chi connectivity index (χ4n) is 2.30. The van der Waals surface area contributed by atoms with Crippen molar-refractivity contribution in [3.63, 3.8) is 0 Å². The van der Waals surface area contributed by atoms with Crippen molar-refractivity contribution in [1.29, 1.82) is 0 Å². The van der Waals surface area contributed by atoms with E-state index in [4.69, 9.17) is 26.8 Å². The van der Waals surface area contributed by atoms with Gasteiger partial charge in [-0.15, -0.1) is 0 Å². The molecule has 142 valence electrons. The van der Waals surface area contributed by atoms with E-state index in [0.29, 0.717) is 41.2 Å². The zero-order valence-corrected chi connectivity index (χ0v) is 16.7. The smallest absolute Gasteiger partial charge is 0.253 e. The fraction of sp³-hybridized carbons (Fsp3) is 0.632. The molecule has 0 heterocycles. The summed E-state index contributed by atoms with van der Waals surface area (Å²) in [5.41, 5.74) is 6.53.